The minimum atomic E-state index is -0.760. The van der Waals surface area contributed by atoms with Crippen LogP contribution in [0.1, 0.15) is 40.4 Å². The Bertz CT molecular complexity index is 838. The van der Waals surface area contributed by atoms with Gasteiger partial charge in [-0.1, -0.05) is 29.8 Å². The van der Waals surface area contributed by atoms with Gasteiger partial charge in [0.1, 0.15) is 12.0 Å². The van der Waals surface area contributed by atoms with Gasteiger partial charge in [-0.15, -0.1) is 0 Å². The van der Waals surface area contributed by atoms with Crippen molar-refractivity contribution in [2.45, 2.75) is 25.9 Å². The van der Waals surface area contributed by atoms with E-state index in [-0.39, 0.29) is 29.1 Å². The highest BCUT2D eigenvalue weighted by Crippen LogP contribution is 2.34. The van der Waals surface area contributed by atoms with Crippen molar-refractivity contribution >= 4 is 17.4 Å². The predicted molar refractivity (Wildman–Crippen MR) is 100 cm³/mol. The maximum Gasteiger partial charge on any atom is 0.288 e. The number of aryl methyl sites for hydroxylation is 1. The van der Waals surface area contributed by atoms with Crippen LogP contribution in [0.5, 0.6) is 0 Å². The molecule has 0 saturated carbocycles. The molecule has 2 aromatic rings. The van der Waals surface area contributed by atoms with Gasteiger partial charge in [0.15, 0.2) is 0 Å². The number of carbonyl (C=O) groups is 1. The first-order chi connectivity index (χ1) is 13.0. The third kappa shape index (κ3) is 4.40. The van der Waals surface area contributed by atoms with Gasteiger partial charge >= 0.3 is 0 Å². The molecule has 1 fully saturated rings. The van der Waals surface area contributed by atoms with Gasteiger partial charge in [-0.3, -0.25) is 14.9 Å². The van der Waals surface area contributed by atoms with Crippen LogP contribution in [0.25, 0.3) is 0 Å². The smallest absolute Gasteiger partial charge is 0.288 e. The first-order valence-corrected chi connectivity index (χ1v) is 8.82. The van der Waals surface area contributed by atoms with Crippen LogP contribution in [0, 0.1) is 23.0 Å². The van der Waals surface area contributed by atoms with Crippen molar-refractivity contribution in [3.63, 3.8) is 0 Å². The van der Waals surface area contributed by atoms with Gasteiger partial charge in [-0.05, 0) is 25.3 Å². The number of rotatable bonds is 6. The second-order valence-corrected chi connectivity index (χ2v) is 6.70. The number of nitrogens with one attached hydrogen (secondary N) is 1. The van der Waals surface area contributed by atoms with Crippen molar-refractivity contribution in [2.75, 3.05) is 18.5 Å². The summed E-state index contributed by atoms with van der Waals surface area (Å²) in [5.74, 6) is -0.329. The monoisotopic (exact) mass is 370 g/mol. The molecule has 142 valence electrons. The van der Waals surface area contributed by atoms with Gasteiger partial charge in [-0.25, -0.2) is 4.98 Å². The van der Waals surface area contributed by atoms with E-state index in [4.69, 9.17) is 10.5 Å². The van der Waals surface area contributed by atoms with Crippen LogP contribution in [0.3, 0.4) is 0 Å². The number of carbonyl (C=O) groups excluding carboxylic acids is 1. The van der Waals surface area contributed by atoms with Crippen molar-refractivity contribution in [3.05, 3.63) is 63.3 Å². The number of aromatic nitrogens is 1. The standard InChI is InChI=1S/C19H22N4O4/c1-12-4-6-13(7-5-12)17-14(3-2-8-27-17)10-21-19-16(18(20)24)9-15(11-22-19)23(25)26/h4-7,9,11,14,17H,2-3,8,10H2,1H3,(H2,20,24)(H,21,22). The molecule has 0 radical (unpaired) electrons. The molecular weight excluding hydrogens is 348 g/mol. The third-order valence-corrected chi connectivity index (χ3v) is 4.73. The van der Waals surface area contributed by atoms with Crippen molar-refractivity contribution in [2.24, 2.45) is 11.7 Å². The molecule has 3 N–H and O–H groups in total. The fourth-order valence-corrected chi connectivity index (χ4v) is 3.29. The van der Waals surface area contributed by atoms with E-state index in [2.05, 4.69) is 34.6 Å². The number of nitrogens with two attached hydrogens (primary N) is 1. The summed E-state index contributed by atoms with van der Waals surface area (Å²) in [6.07, 6.45) is 2.97. The highest BCUT2D eigenvalue weighted by Gasteiger charge is 2.28. The number of pyridine rings is 1. The Kier molecular flexibility index (Phi) is 5.66. The molecule has 27 heavy (non-hydrogen) atoms. The number of hydrogen-bond donors (Lipinski definition) is 2. The molecule has 3 rings (SSSR count). The summed E-state index contributed by atoms with van der Waals surface area (Å²) >= 11 is 0. The van der Waals surface area contributed by atoms with Crippen LogP contribution < -0.4 is 11.1 Å². The van der Waals surface area contributed by atoms with Crippen LogP contribution in [0.15, 0.2) is 36.5 Å². The van der Waals surface area contributed by atoms with Crippen molar-refractivity contribution in [3.8, 4) is 0 Å². The zero-order valence-electron chi connectivity index (χ0n) is 15.1. The Balaban J connectivity index is 1.77. The summed E-state index contributed by atoms with van der Waals surface area (Å²) in [4.78, 5) is 26.0. The highest BCUT2D eigenvalue weighted by atomic mass is 16.6. The van der Waals surface area contributed by atoms with Crippen molar-refractivity contribution < 1.29 is 14.5 Å². The van der Waals surface area contributed by atoms with E-state index in [1.54, 1.807) is 0 Å². The van der Waals surface area contributed by atoms with E-state index in [1.807, 2.05) is 6.92 Å². The average molecular weight is 370 g/mol. The lowest BCUT2D eigenvalue weighted by Gasteiger charge is -2.32. The molecule has 8 nitrogen and oxygen atoms in total. The Morgan fingerprint density at radius 1 is 1.41 bits per heavy atom. The maximum absolute atomic E-state index is 11.7. The van der Waals surface area contributed by atoms with Crippen LogP contribution >= 0.6 is 0 Å². The summed E-state index contributed by atoms with van der Waals surface area (Å²) in [6, 6.07) is 9.39. The van der Waals surface area contributed by atoms with E-state index in [0.717, 1.165) is 30.7 Å². The summed E-state index contributed by atoms with van der Waals surface area (Å²) < 4.78 is 5.99. The van der Waals surface area contributed by atoms with E-state index in [9.17, 15) is 14.9 Å². The van der Waals surface area contributed by atoms with Gasteiger partial charge in [0.05, 0.1) is 16.6 Å². The Morgan fingerprint density at radius 2 is 2.15 bits per heavy atom. The van der Waals surface area contributed by atoms with E-state index in [1.165, 1.54) is 5.56 Å². The van der Waals surface area contributed by atoms with Crippen LogP contribution in [0.4, 0.5) is 11.5 Å². The molecule has 0 bridgehead atoms. The van der Waals surface area contributed by atoms with E-state index in [0.29, 0.717) is 13.2 Å². The summed E-state index contributed by atoms with van der Waals surface area (Å²) in [7, 11) is 0. The fourth-order valence-electron chi connectivity index (χ4n) is 3.29. The minimum Gasteiger partial charge on any atom is -0.373 e. The lowest BCUT2D eigenvalue weighted by Crippen LogP contribution is -2.29. The number of hydrogen-bond acceptors (Lipinski definition) is 6. The quantitative estimate of drug-likeness (QED) is 0.596. The van der Waals surface area contributed by atoms with Crippen LogP contribution in [-0.2, 0) is 4.74 Å². The van der Waals surface area contributed by atoms with Crippen molar-refractivity contribution in [1.82, 2.24) is 4.98 Å². The fraction of sp³-hybridized carbons (Fsp3) is 0.368. The molecule has 1 aliphatic heterocycles. The molecule has 0 spiro atoms. The van der Waals surface area contributed by atoms with Gasteiger partial charge in [0.2, 0.25) is 0 Å². The molecular formula is C19H22N4O4. The van der Waals surface area contributed by atoms with Gasteiger partial charge in [0, 0.05) is 25.1 Å². The predicted octanol–water partition coefficient (Wildman–Crippen LogP) is 2.98. The molecule has 1 amide bonds. The van der Waals surface area contributed by atoms with Gasteiger partial charge in [-0.2, -0.15) is 0 Å². The van der Waals surface area contributed by atoms with E-state index < -0.39 is 10.8 Å². The summed E-state index contributed by atoms with van der Waals surface area (Å²) in [6.45, 7) is 3.26. The van der Waals surface area contributed by atoms with Crippen LogP contribution in [-0.4, -0.2) is 29.0 Å². The topological polar surface area (TPSA) is 120 Å². The lowest BCUT2D eigenvalue weighted by molar-refractivity contribution is -0.385. The molecule has 8 heteroatoms. The minimum absolute atomic E-state index is 0.00723. The molecule has 2 unspecified atom stereocenters. The van der Waals surface area contributed by atoms with Gasteiger partial charge < -0.3 is 15.8 Å². The molecule has 2 atom stereocenters. The number of anilines is 1. The second-order valence-electron chi connectivity index (χ2n) is 6.70. The first kappa shape index (κ1) is 18.8. The lowest BCUT2D eigenvalue weighted by atomic mass is 9.89. The summed E-state index contributed by atoms with van der Waals surface area (Å²) in [5, 5.41) is 14.0. The zero-order chi connectivity index (χ0) is 19.4. The number of nitro groups is 1. The molecule has 1 aromatic carbocycles. The Morgan fingerprint density at radius 3 is 2.81 bits per heavy atom. The zero-order valence-corrected chi connectivity index (χ0v) is 15.1. The summed E-state index contributed by atoms with van der Waals surface area (Å²) in [5.41, 5.74) is 7.39. The Hall–Kier alpha value is -3.00. The molecule has 1 aliphatic rings. The Labute approximate surface area is 156 Å². The van der Waals surface area contributed by atoms with Crippen molar-refractivity contribution in [1.29, 1.82) is 0 Å². The highest BCUT2D eigenvalue weighted by molar-refractivity contribution is 5.98. The van der Waals surface area contributed by atoms with Crippen LogP contribution in [0.2, 0.25) is 0 Å². The molecule has 0 aliphatic carbocycles. The SMILES string of the molecule is Cc1ccc(C2OCCCC2CNc2ncc([N+](=O)[O-])cc2C(N)=O)cc1. The molecule has 2 heterocycles. The normalized spacial score (nSPS) is 19.4. The van der Waals surface area contributed by atoms with E-state index >= 15 is 0 Å². The number of nitrogens with zero attached hydrogens (tertiary/aromatic N) is 2. The number of benzene rings is 1. The number of amides is 1. The number of ether oxygens (including phenoxy) is 1. The molecule has 1 aromatic heterocycles. The maximum atomic E-state index is 11.7. The first-order valence-electron chi connectivity index (χ1n) is 8.82. The largest absolute Gasteiger partial charge is 0.373 e. The molecule has 1 saturated heterocycles. The van der Waals surface area contributed by atoms with Gasteiger partial charge in [0.25, 0.3) is 11.6 Å². The average Bonchev–Trinajstić information content (AvgIpc) is 2.67. The third-order valence-electron chi connectivity index (χ3n) is 4.73. The second kappa shape index (κ2) is 8.13. The number of primary amides is 1.